The number of halogens is 3. The molecule has 0 spiro atoms. The lowest BCUT2D eigenvalue weighted by Gasteiger charge is -2.56. The van der Waals surface area contributed by atoms with Crippen molar-refractivity contribution in [1.29, 1.82) is 0 Å². The number of rotatable bonds is 7. The highest BCUT2D eigenvalue weighted by Gasteiger charge is 2.54. The van der Waals surface area contributed by atoms with Gasteiger partial charge in [-0.2, -0.15) is 0 Å². The van der Waals surface area contributed by atoms with Crippen molar-refractivity contribution >= 4 is 29.1 Å². The van der Waals surface area contributed by atoms with Crippen LogP contribution < -0.4 is 20.1 Å². The fraction of sp³-hybridized carbons (Fsp3) is 0.500. The first-order chi connectivity index (χ1) is 16.8. The van der Waals surface area contributed by atoms with E-state index in [1.165, 1.54) is 12.1 Å². The minimum absolute atomic E-state index is 0.000890. The Morgan fingerprint density at radius 2 is 1.97 bits per heavy atom. The number of hydrogen-bond donors (Lipinski definition) is 3. The molecule has 3 aliphatic carbocycles. The Morgan fingerprint density at radius 1 is 1.17 bits per heavy atom. The highest BCUT2D eigenvalue weighted by Crippen LogP contribution is 2.47. The van der Waals surface area contributed by atoms with E-state index >= 15 is 0 Å². The van der Waals surface area contributed by atoms with Crippen LogP contribution >= 0.6 is 23.2 Å². The Hall–Kier alpha value is -2.06. The Labute approximate surface area is 214 Å². The molecule has 0 radical (unpaired) electrons. The summed E-state index contributed by atoms with van der Waals surface area (Å²) in [5.74, 6) is 0.236. The van der Waals surface area contributed by atoms with Crippen LogP contribution in [0.5, 0.6) is 11.5 Å². The molecule has 2 atom stereocenters. The molecule has 2 bridgehead atoms. The summed E-state index contributed by atoms with van der Waals surface area (Å²) in [7, 11) is 0. The summed E-state index contributed by atoms with van der Waals surface area (Å²) >= 11 is 11.8. The monoisotopic (exact) mass is 522 g/mol. The van der Waals surface area contributed by atoms with Crippen LogP contribution in [0.25, 0.3) is 0 Å². The van der Waals surface area contributed by atoms with E-state index in [0.29, 0.717) is 13.0 Å². The Morgan fingerprint density at radius 3 is 2.71 bits per heavy atom. The summed E-state index contributed by atoms with van der Waals surface area (Å²) in [6.45, 7) is 0.429. The number of amides is 1. The predicted molar refractivity (Wildman–Crippen MR) is 132 cm³/mol. The van der Waals surface area contributed by atoms with E-state index in [-0.39, 0.29) is 34.9 Å². The number of fused-ring (bicyclic) bond motifs is 4. The third-order valence-corrected chi connectivity index (χ3v) is 8.26. The van der Waals surface area contributed by atoms with Gasteiger partial charge in [0, 0.05) is 28.7 Å². The van der Waals surface area contributed by atoms with Crippen molar-refractivity contribution in [2.24, 2.45) is 0 Å². The van der Waals surface area contributed by atoms with Crippen LogP contribution in [0.3, 0.4) is 0 Å². The van der Waals surface area contributed by atoms with E-state index in [2.05, 4.69) is 10.6 Å². The van der Waals surface area contributed by atoms with Crippen LogP contribution in [0.15, 0.2) is 36.4 Å². The number of benzene rings is 2. The summed E-state index contributed by atoms with van der Waals surface area (Å²) in [6.07, 6.45) is 4.80. The number of hydrogen-bond acceptors (Lipinski definition) is 5. The lowest BCUT2D eigenvalue weighted by molar-refractivity contribution is -0.129. The number of carbonyl (C=O) groups is 1. The van der Waals surface area contributed by atoms with Gasteiger partial charge in [0.25, 0.3) is 5.91 Å². The summed E-state index contributed by atoms with van der Waals surface area (Å²) in [6, 6.07) is 9.78. The Bertz CT molecular complexity index is 1110. The van der Waals surface area contributed by atoms with Gasteiger partial charge < -0.3 is 25.2 Å². The number of aliphatic hydroxyl groups excluding tert-OH is 1. The van der Waals surface area contributed by atoms with Gasteiger partial charge in [0.05, 0.1) is 11.1 Å². The van der Waals surface area contributed by atoms with Crippen LogP contribution in [-0.2, 0) is 11.2 Å². The van der Waals surface area contributed by atoms with Gasteiger partial charge in [-0.05, 0) is 80.8 Å². The largest absolute Gasteiger partial charge is 0.489 e. The molecule has 1 heterocycles. The van der Waals surface area contributed by atoms with E-state index in [1.54, 1.807) is 0 Å². The topological polar surface area (TPSA) is 79.8 Å². The first-order valence-corrected chi connectivity index (χ1v) is 12.8. The van der Waals surface area contributed by atoms with E-state index in [4.69, 9.17) is 32.7 Å². The molecule has 188 valence electrons. The fourth-order valence-corrected chi connectivity index (χ4v) is 5.98. The van der Waals surface area contributed by atoms with Crippen molar-refractivity contribution in [3.05, 3.63) is 57.8 Å². The highest BCUT2D eigenvalue weighted by molar-refractivity contribution is 6.31. The van der Waals surface area contributed by atoms with Gasteiger partial charge in [-0.1, -0.05) is 23.2 Å². The number of ether oxygens (including phenoxy) is 2. The van der Waals surface area contributed by atoms with Crippen LogP contribution in [0.2, 0.25) is 10.0 Å². The molecule has 1 amide bonds. The number of carbonyl (C=O) groups excluding carboxylic acids is 1. The summed E-state index contributed by atoms with van der Waals surface area (Å²) in [4.78, 5) is 12.6. The molecule has 1 unspecified atom stereocenters. The maximum Gasteiger partial charge on any atom is 0.258 e. The quantitative estimate of drug-likeness (QED) is 0.501. The van der Waals surface area contributed by atoms with Gasteiger partial charge in [-0.3, -0.25) is 4.79 Å². The molecule has 3 N–H and O–H groups in total. The standard InChI is InChI=1S/C26H29Cl2FN2O4/c27-17-2-6-22-16(11-17)1-3-19(35-22)14-30-26-9-7-25(8-10-26,13-23(26)32)31-24(33)15-34-18-4-5-20(28)21(29)12-18/h2,4-6,11-12,19,23,30,32H,1,3,7-10,13-15H2,(H,31,33)/t19?,23-,25?,26?/m0/s1. The first-order valence-electron chi connectivity index (χ1n) is 12.0. The van der Waals surface area contributed by atoms with Gasteiger partial charge >= 0.3 is 0 Å². The van der Waals surface area contributed by atoms with Gasteiger partial charge in [0.1, 0.15) is 23.4 Å². The average Bonchev–Trinajstić information content (AvgIpc) is 2.84. The SMILES string of the molecule is O=C(COc1ccc(Cl)c(F)c1)NC12CCC(NCC3CCc4cc(Cl)ccc4O3)(CC1)[C@@H](O)C2. The van der Waals surface area contributed by atoms with Gasteiger partial charge in [0.2, 0.25) is 0 Å². The smallest absolute Gasteiger partial charge is 0.258 e. The molecule has 2 aromatic rings. The minimum Gasteiger partial charge on any atom is -0.489 e. The molecule has 3 saturated carbocycles. The second kappa shape index (κ2) is 9.77. The molecule has 0 saturated heterocycles. The summed E-state index contributed by atoms with van der Waals surface area (Å²) in [5, 5.41) is 18.5. The van der Waals surface area contributed by atoms with E-state index in [0.717, 1.165) is 60.9 Å². The van der Waals surface area contributed by atoms with Crippen molar-refractivity contribution in [3.63, 3.8) is 0 Å². The maximum absolute atomic E-state index is 13.6. The van der Waals surface area contributed by atoms with Crippen LogP contribution in [0.1, 0.15) is 44.1 Å². The van der Waals surface area contributed by atoms with E-state index in [1.807, 2.05) is 18.2 Å². The minimum atomic E-state index is -0.595. The maximum atomic E-state index is 13.6. The van der Waals surface area contributed by atoms with Gasteiger partial charge in [-0.15, -0.1) is 0 Å². The Kier molecular flexibility index (Phi) is 6.87. The first kappa shape index (κ1) is 24.6. The molecule has 4 aliphatic rings. The molecule has 1 aliphatic heterocycles. The fourth-order valence-electron chi connectivity index (χ4n) is 5.67. The zero-order valence-electron chi connectivity index (χ0n) is 19.3. The zero-order chi connectivity index (χ0) is 24.6. The lowest BCUT2D eigenvalue weighted by Crippen LogP contribution is -2.70. The molecular weight excluding hydrogens is 494 g/mol. The second-order valence-corrected chi connectivity index (χ2v) is 10.8. The molecule has 6 nitrogen and oxygen atoms in total. The molecule has 6 rings (SSSR count). The molecule has 2 aromatic carbocycles. The third-order valence-electron chi connectivity index (χ3n) is 7.72. The van der Waals surface area contributed by atoms with E-state index in [9.17, 15) is 14.3 Å². The van der Waals surface area contributed by atoms with Crippen LogP contribution in [0.4, 0.5) is 4.39 Å². The van der Waals surface area contributed by atoms with Gasteiger partial charge in [0.15, 0.2) is 6.61 Å². The van der Waals surface area contributed by atoms with Crippen molar-refractivity contribution in [2.75, 3.05) is 13.2 Å². The molecule has 0 aromatic heterocycles. The van der Waals surface area contributed by atoms with Crippen molar-refractivity contribution < 1.29 is 23.8 Å². The van der Waals surface area contributed by atoms with Crippen molar-refractivity contribution in [2.45, 2.75) is 68.2 Å². The second-order valence-electron chi connectivity index (χ2n) is 9.98. The summed E-state index contributed by atoms with van der Waals surface area (Å²) < 4.78 is 25.2. The number of aryl methyl sites for hydroxylation is 1. The lowest BCUT2D eigenvalue weighted by atomic mass is 9.60. The normalized spacial score (nSPS) is 29.3. The highest BCUT2D eigenvalue weighted by atomic mass is 35.5. The number of nitrogens with one attached hydrogen (secondary N) is 2. The molecule has 35 heavy (non-hydrogen) atoms. The van der Waals surface area contributed by atoms with E-state index < -0.39 is 17.5 Å². The van der Waals surface area contributed by atoms with Crippen molar-refractivity contribution in [3.8, 4) is 11.5 Å². The zero-order valence-corrected chi connectivity index (χ0v) is 20.8. The van der Waals surface area contributed by atoms with Crippen molar-refractivity contribution in [1.82, 2.24) is 10.6 Å². The number of aliphatic hydroxyl groups is 1. The Balaban J connectivity index is 1.12. The van der Waals surface area contributed by atoms with Crippen LogP contribution in [0, 0.1) is 5.82 Å². The van der Waals surface area contributed by atoms with Crippen LogP contribution in [-0.4, -0.2) is 47.5 Å². The molecule has 9 heteroatoms. The third kappa shape index (κ3) is 5.24. The molecular formula is C26H29Cl2FN2O4. The predicted octanol–water partition coefficient (Wildman–Crippen LogP) is 4.43. The average molecular weight is 523 g/mol. The summed E-state index contributed by atoms with van der Waals surface area (Å²) in [5.41, 5.74) is 0.314. The molecule has 3 fully saturated rings. The van der Waals surface area contributed by atoms with Gasteiger partial charge in [-0.25, -0.2) is 4.39 Å².